The average molecular weight is 418 g/mol. The van der Waals surface area contributed by atoms with Gasteiger partial charge in [-0.05, 0) is 68.7 Å². The van der Waals surface area contributed by atoms with Gasteiger partial charge in [0.15, 0.2) is 0 Å². The molecule has 31 heavy (non-hydrogen) atoms. The van der Waals surface area contributed by atoms with Crippen molar-refractivity contribution in [1.29, 1.82) is 5.26 Å². The normalized spacial score (nSPS) is 15.5. The molecule has 0 fully saturated rings. The lowest BCUT2D eigenvalue weighted by Crippen LogP contribution is -2.17. The zero-order valence-corrected chi connectivity index (χ0v) is 17.8. The molecule has 0 amide bonds. The molecule has 1 N–H and O–H groups in total. The molecule has 0 bridgehead atoms. The fourth-order valence-corrected chi connectivity index (χ4v) is 4.29. The molecule has 1 aliphatic heterocycles. The third kappa shape index (κ3) is 4.51. The second kappa shape index (κ2) is 8.73. The number of hydrogen-bond acceptors (Lipinski definition) is 4. The lowest BCUT2D eigenvalue weighted by Gasteiger charge is -2.24. The molecule has 0 saturated heterocycles. The van der Waals surface area contributed by atoms with E-state index < -0.39 is 5.97 Å². The number of aryl methyl sites for hydroxylation is 1. The number of nitrogens with zero attached hydrogens (tertiary/aromatic N) is 2. The molecule has 1 aliphatic rings. The summed E-state index contributed by atoms with van der Waals surface area (Å²) >= 11 is 0. The van der Waals surface area contributed by atoms with Gasteiger partial charge in [-0.3, -0.25) is 4.79 Å². The van der Waals surface area contributed by atoms with E-state index >= 15 is 0 Å². The van der Waals surface area contributed by atoms with Gasteiger partial charge >= 0.3 is 5.97 Å². The number of fused-ring (bicyclic) bond motifs is 3. The summed E-state index contributed by atoms with van der Waals surface area (Å²) in [6.45, 7) is 5.12. The van der Waals surface area contributed by atoms with Crippen LogP contribution in [0.3, 0.4) is 0 Å². The van der Waals surface area contributed by atoms with E-state index in [0.717, 1.165) is 47.3 Å². The molecule has 0 radical (unpaired) electrons. The van der Waals surface area contributed by atoms with Crippen molar-refractivity contribution in [3.8, 4) is 17.6 Å². The van der Waals surface area contributed by atoms with Gasteiger partial charge in [-0.1, -0.05) is 6.07 Å². The molecular formula is C25H26N2O4. The van der Waals surface area contributed by atoms with Crippen LogP contribution in [0.4, 0.5) is 0 Å². The van der Waals surface area contributed by atoms with Crippen LogP contribution in [0.2, 0.25) is 0 Å². The highest BCUT2D eigenvalue weighted by Crippen LogP contribution is 2.36. The Morgan fingerprint density at radius 3 is 2.84 bits per heavy atom. The van der Waals surface area contributed by atoms with Crippen molar-refractivity contribution in [3.63, 3.8) is 0 Å². The molecule has 0 spiro atoms. The Labute approximate surface area is 181 Å². The van der Waals surface area contributed by atoms with Crippen LogP contribution < -0.4 is 9.47 Å². The van der Waals surface area contributed by atoms with Gasteiger partial charge in [0.25, 0.3) is 0 Å². The van der Waals surface area contributed by atoms with E-state index in [4.69, 9.17) is 9.47 Å². The minimum absolute atomic E-state index is 0.00395. The zero-order chi connectivity index (χ0) is 22.0. The van der Waals surface area contributed by atoms with Crippen molar-refractivity contribution in [2.75, 3.05) is 0 Å². The van der Waals surface area contributed by atoms with Crippen LogP contribution in [0, 0.1) is 11.3 Å². The molecule has 0 aliphatic carbocycles. The van der Waals surface area contributed by atoms with Gasteiger partial charge in [0.1, 0.15) is 24.2 Å². The molecule has 0 saturated carbocycles. The minimum Gasteiger partial charge on any atom is -0.490 e. The van der Waals surface area contributed by atoms with E-state index in [2.05, 4.69) is 16.7 Å². The molecule has 6 heteroatoms. The summed E-state index contributed by atoms with van der Waals surface area (Å²) in [7, 11) is 0. The van der Waals surface area contributed by atoms with E-state index in [-0.39, 0.29) is 18.4 Å². The summed E-state index contributed by atoms with van der Waals surface area (Å²) < 4.78 is 13.9. The number of rotatable bonds is 7. The van der Waals surface area contributed by atoms with E-state index in [0.29, 0.717) is 17.9 Å². The van der Waals surface area contributed by atoms with Gasteiger partial charge in [-0.25, -0.2) is 0 Å². The number of carboxylic acid groups (broad SMARTS) is 1. The van der Waals surface area contributed by atoms with Crippen LogP contribution >= 0.6 is 0 Å². The van der Waals surface area contributed by atoms with Gasteiger partial charge in [0.05, 0.1) is 18.1 Å². The fraction of sp³-hybridized carbons (Fsp3) is 0.360. The number of hydrogen-bond donors (Lipinski definition) is 1. The molecule has 1 unspecified atom stereocenters. The Bertz CT molecular complexity index is 1160. The maximum absolute atomic E-state index is 11.2. The van der Waals surface area contributed by atoms with Crippen LogP contribution in [0.15, 0.2) is 42.5 Å². The predicted octanol–water partition coefficient (Wildman–Crippen LogP) is 5.23. The number of aliphatic carboxylic acids is 1. The smallest absolute Gasteiger partial charge is 0.304 e. The Morgan fingerprint density at radius 1 is 1.26 bits per heavy atom. The molecule has 4 rings (SSSR count). The van der Waals surface area contributed by atoms with Crippen molar-refractivity contribution < 1.29 is 19.4 Å². The Morgan fingerprint density at radius 2 is 2.10 bits per heavy atom. The lowest BCUT2D eigenvalue weighted by atomic mass is 9.93. The quantitative estimate of drug-likeness (QED) is 0.568. The van der Waals surface area contributed by atoms with Crippen molar-refractivity contribution in [2.24, 2.45) is 0 Å². The zero-order valence-electron chi connectivity index (χ0n) is 17.8. The number of nitriles is 1. The first-order valence-corrected chi connectivity index (χ1v) is 10.6. The first kappa shape index (κ1) is 20.8. The molecule has 6 nitrogen and oxygen atoms in total. The van der Waals surface area contributed by atoms with E-state index in [1.165, 1.54) is 0 Å². The standard InChI is InChI=1S/C25H26N2O4/c1-16(2)31-24-8-5-17(10-20(24)14-26)15-30-21-6-7-22-19(11-21)12-23-18(13-25(28)29)4-3-9-27(22)23/h5-8,10-12,16,18H,3-4,9,13,15H2,1-2H3,(H,28,29). The van der Waals surface area contributed by atoms with Crippen molar-refractivity contribution in [1.82, 2.24) is 4.57 Å². The van der Waals surface area contributed by atoms with Gasteiger partial charge in [0.2, 0.25) is 0 Å². The highest BCUT2D eigenvalue weighted by atomic mass is 16.5. The maximum Gasteiger partial charge on any atom is 0.304 e. The van der Waals surface area contributed by atoms with Gasteiger partial charge in [0, 0.05) is 29.1 Å². The van der Waals surface area contributed by atoms with E-state index in [9.17, 15) is 15.2 Å². The number of carbonyl (C=O) groups is 1. The highest BCUT2D eigenvalue weighted by molar-refractivity contribution is 5.83. The molecule has 1 atom stereocenters. The highest BCUT2D eigenvalue weighted by Gasteiger charge is 2.24. The summed E-state index contributed by atoms with van der Waals surface area (Å²) in [5.74, 6) is 0.623. The van der Waals surface area contributed by atoms with Gasteiger partial charge in [-0.15, -0.1) is 0 Å². The fourth-order valence-electron chi connectivity index (χ4n) is 4.29. The second-order valence-corrected chi connectivity index (χ2v) is 8.28. The van der Waals surface area contributed by atoms with Crippen molar-refractivity contribution >= 4 is 16.9 Å². The monoisotopic (exact) mass is 418 g/mol. The molecule has 1 aromatic heterocycles. The topological polar surface area (TPSA) is 84.5 Å². The third-order valence-corrected chi connectivity index (χ3v) is 5.61. The summed E-state index contributed by atoms with van der Waals surface area (Å²) in [6.07, 6.45) is 2.07. The first-order valence-electron chi connectivity index (χ1n) is 10.6. The maximum atomic E-state index is 11.2. The molecule has 2 heterocycles. The summed E-state index contributed by atoms with van der Waals surface area (Å²) in [5, 5.41) is 19.7. The van der Waals surface area contributed by atoms with E-state index in [1.54, 1.807) is 6.07 Å². The Hall–Kier alpha value is -3.46. The van der Waals surface area contributed by atoms with Crippen molar-refractivity contribution in [2.45, 2.75) is 58.3 Å². The second-order valence-electron chi connectivity index (χ2n) is 8.28. The first-order chi connectivity index (χ1) is 14.9. The molecule has 3 aromatic rings. The Balaban J connectivity index is 1.52. The van der Waals surface area contributed by atoms with E-state index in [1.807, 2.05) is 44.2 Å². The molecule has 2 aromatic carbocycles. The summed E-state index contributed by atoms with van der Waals surface area (Å²) in [4.78, 5) is 11.2. The molecular weight excluding hydrogens is 392 g/mol. The SMILES string of the molecule is CC(C)Oc1ccc(COc2ccc3c(c2)cc2n3CCCC2CC(=O)O)cc1C#N. The summed E-state index contributed by atoms with van der Waals surface area (Å²) in [6, 6.07) is 15.8. The van der Waals surface area contributed by atoms with Crippen LogP contribution in [0.25, 0.3) is 10.9 Å². The third-order valence-electron chi connectivity index (χ3n) is 5.61. The number of carboxylic acids is 1. The van der Waals surface area contributed by atoms with Crippen LogP contribution in [0.5, 0.6) is 11.5 Å². The van der Waals surface area contributed by atoms with Crippen LogP contribution in [0.1, 0.15) is 55.8 Å². The van der Waals surface area contributed by atoms with Crippen LogP contribution in [-0.2, 0) is 17.9 Å². The van der Waals surface area contributed by atoms with Crippen LogP contribution in [-0.4, -0.2) is 21.7 Å². The van der Waals surface area contributed by atoms with Gasteiger partial charge < -0.3 is 19.1 Å². The van der Waals surface area contributed by atoms with Gasteiger partial charge in [-0.2, -0.15) is 5.26 Å². The number of aromatic nitrogens is 1. The lowest BCUT2D eigenvalue weighted by molar-refractivity contribution is -0.137. The Kier molecular flexibility index (Phi) is 5.85. The minimum atomic E-state index is -0.755. The number of benzene rings is 2. The number of ether oxygens (including phenoxy) is 2. The summed E-state index contributed by atoms with van der Waals surface area (Å²) in [5.41, 5.74) is 3.60. The van der Waals surface area contributed by atoms with Crippen molar-refractivity contribution in [3.05, 3.63) is 59.3 Å². The molecule has 160 valence electrons. The average Bonchev–Trinajstić information content (AvgIpc) is 3.11. The largest absolute Gasteiger partial charge is 0.490 e. The predicted molar refractivity (Wildman–Crippen MR) is 117 cm³/mol.